The van der Waals surface area contributed by atoms with Gasteiger partial charge in [0.1, 0.15) is 0 Å². The molecule has 0 unspecified atom stereocenters. The molecule has 0 atom stereocenters. The van der Waals surface area contributed by atoms with Crippen molar-refractivity contribution in [1.29, 1.82) is 0 Å². The van der Waals surface area contributed by atoms with E-state index >= 15 is 0 Å². The van der Waals surface area contributed by atoms with Gasteiger partial charge in [-0.2, -0.15) is 18.2 Å². The van der Waals surface area contributed by atoms with Crippen LogP contribution in [0.3, 0.4) is 0 Å². The van der Waals surface area contributed by atoms with Gasteiger partial charge in [0, 0.05) is 13.1 Å². The van der Waals surface area contributed by atoms with Crippen molar-refractivity contribution in [2.24, 2.45) is 5.73 Å². The average molecular weight is 173 g/mol. The van der Waals surface area contributed by atoms with Crippen LogP contribution in [-0.2, 0) is 6.54 Å². The maximum atomic E-state index is 5.30. The van der Waals surface area contributed by atoms with Crippen LogP contribution in [0.15, 0.2) is 18.3 Å². The molecule has 0 aromatic carbocycles. The van der Waals surface area contributed by atoms with Crippen molar-refractivity contribution in [2.75, 3.05) is 13.1 Å². The van der Waals surface area contributed by atoms with Crippen LogP contribution in [0.5, 0.6) is 0 Å². The third kappa shape index (κ3) is 4.85. The fraction of sp³-hybridized carbons (Fsp3) is 0.375. The van der Waals surface area contributed by atoms with Gasteiger partial charge in [0.05, 0.1) is 0 Å². The molecule has 4 heteroatoms. The van der Waals surface area contributed by atoms with E-state index in [9.17, 15) is 0 Å². The first-order valence-electron chi connectivity index (χ1n) is 3.65. The van der Waals surface area contributed by atoms with Crippen molar-refractivity contribution >= 4 is 0 Å². The van der Waals surface area contributed by atoms with Gasteiger partial charge in [0.15, 0.2) is 0 Å². The summed E-state index contributed by atoms with van der Waals surface area (Å²) in [6.07, 6.45) is 1.74. The number of rotatable bonds is 4. The molecular formula is C8H12N3Na. The fourth-order valence-electron chi connectivity index (χ4n) is 0.773. The standard InChI is InChI=1S/C8H12N3.Na/c9-4-6-10-7-8-3-1-2-5-11-8;/h2-3,5,10H,4,6-7,9H2;/q-1;+1. The quantitative estimate of drug-likeness (QED) is 0.289. The molecular weight excluding hydrogens is 161 g/mol. The summed E-state index contributed by atoms with van der Waals surface area (Å²) in [5.74, 6) is 0. The van der Waals surface area contributed by atoms with Crippen LogP contribution < -0.4 is 40.6 Å². The predicted octanol–water partition coefficient (Wildman–Crippen LogP) is -3.07. The van der Waals surface area contributed by atoms with Gasteiger partial charge in [0.2, 0.25) is 0 Å². The van der Waals surface area contributed by atoms with E-state index in [0.29, 0.717) is 6.54 Å². The summed E-state index contributed by atoms with van der Waals surface area (Å²) >= 11 is 0. The first-order chi connectivity index (χ1) is 5.43. The molecule has 3 nitrogen and oxygen atoms in total. The Hall–Kier alpha value is 0.0700. The second-order valence-electron chi connectivity index (χ2n) is 2.21. The van der Waals surface area contributed by atoms with Gasteiger partial charge < -0.3 is 16.0 Å². The molecule has 3 N–H and O–H groups in total. The van der Waals surface area contributed by atoms with Crippen LogP contribution in [0, 0.1) is 6.07 Å². The summed E-state index contributed by atoms with van der Waals surface area (Å²) in [4.78, 5) is 4.12. The van der Waals surface area contributed by atoms with Crippen molar-refractivity contribution in [3.8, 4) is 0 Å². The predicted molar refractivity (Wildman–Crippen MR) is 43.8 cm³/mol. The van der Waals surface area contributed by atoms with Crippen LogP contribution in [0.2, 0.25) is 0 Å². The molecule has 1 rings (SSSR count). The van der Waals surface area contributed by atoms with Gasteiger partial charge in [-0.3, -0.25) is 0 Å². The van der Waals surface area contributed by atoms with E-state index in [-0.39, 0.29) is 29.6 Å². The van der Waals surface area contributed by atoms with E-state index in [1.54, 1.807) is 12.3 Å². The maximum absolute atomic E-state index is 5.30. The number of nitrogens with one attached hydrogen (secondary N) is 1. The Morgan fingerprint density at radius 2 is 2.42 bits per heavy atom. The summed E-state index contributed by atoms with van der Waals surface area (Å²) < 4.78 is 0. The SMILES string of the molecule is NCCNCc1c[c-]ccn1.[Na+]. The summed E-state index contributed by atoms with van der Waals surface area (Å²) in [6.45, 7) is 2.27. The largest absolute Gasteiger partial charge is 1.00 e. The fourth-order valence-corrected chi connectivity index (χ4v) is 0.773. The summed E-state index contributed by atoms with van der Waals surface area (Å²) in [5, 5.41) is 3.14. The normalized spacial score (nSPS) is 9.08. The van der Waals surface area contributed by atoms with Gasteiger partial charge in [-0.05, 0) is 6.54 Å². The molecule has 0 bridgehead atoms. The minimum atomic E-state index is 0. The molecule has 0 radical (unpaired) electrons. The topological polar surface area (TPSA) is 50.9 Å². The zero-order chi connectivity index (χ0) is 7.94. The Labute approximate surface area is 95.0 Å². The van der Waals surface area contributed by atoms with Gasteiger partial charge >= 0.3 is 29.6 Å². The molecule has 0 saturated carbocycles. The van der Waals surface area contributed by atoms with E-state index in [1.807, 2.05) is 6.07 Å². The van der Waals surface area contributed by atoms with Crippen molar-refractivity contribution in [3.63, 3.8) is 0 Å². The van der Waals surface area contributed by atoms with E-state index in [1.165, 1.54) is 0 Å². The molecule has 0 fully saturated rings. The Balaban J connectivity index is 0.00000121. The number of nitrogens with zero attached hydrogens (tertiary/aromatic N) is 1. The summed E-state index contributed by atoms with van der Waals surface area (Å²) in [6, 6.07) is 6.60. The summed E-state index contributed by atoms with van der Waals surface area (Å²) in [7, 11) is 0. The van der Waals surface area contributed by atoms with Crippen molar-refractivity contribution in [2.45, 2.75) is 6.54 Å². The molecule has 0 spiro atoms. The second kappa shape index (κ2) is 7.71. The molecule has 60 valence electrons. The smallest absolute Gasteiger partial charge is 0.386 e. The van der Waals surface area contributed by atoms with Crippen molar-refractivity contribution < 1.29 is 29.6 Å². The number of pyridine rings is 1. The van der Waals surface area contributed by atoms with Gasteiger partial charge in [0.25, 0.3) is 0 Å². The van der Waals surface area contributed by atoms with Crippen LogP contribution in [-0.4, -0.2) is 18.1 Å². The van der Waals surface area contributed by atoms with E-state index < -0.39 is 0 Å². The second-order valence-corrected chi connectivity index (χ2v) is 2.21. The molecule has 1 aromatic heterocycles. The average Bonchev–Trinajstić information content (AvgIpc) is 2.07. The molecule has 0 aliphatic carbocycles. The third-order valence-electron chi connectivity index (χ3n) is 1.29. The first-order valence-corrected chi connectivity index (χ1v) is 3.65. The van der Waals surface area contributed by atoms with Crippen molar-refractivity contribution in [3.05, 3.63) is 30.1 Å². The molecule has 0 aliphatic heterocycles. The Bertz CT molecular complexity index is 191. The zero-order valence-corrected chi connectivity index (χ0v) is 9.38. The minimum Gasteiger partial charge on any atom is -0.386 e. The molecule has 1 aromatic rings. The van der Waals surface area contributed by atoms with Gasteiger partial charge in [-0.15, -0.1) is 0 Å². The number of hydrogen-bond donors (Lipinski definition) is 2. The molecule has 0 aliphatic rings. The van der Waals surface area contributed by atoms with E-state index in [4.69, 9.17) is 5.73 Å². The zero-order valence-electron chi connectivity index (χ0n) is 7.38. The Kier molecular flexibility index (Phi) is 7.75. The summed E-state index contributed by atoms with van der Waals surface area (Å²) in [5.41, 5.74) is 6.30. The maximum Gasteiger partial charge on any atom is 1.00 e. The van der Waals surface area contributed by atoms with Gasteiger partial charge in [-0.25, -0.2) is 0 Å². The first kappa shape index (κ1) is 12.1. The van der Waals surface area contributed by atoms with Crippen LogP contribution in [0.25, 0.3) is 0 Å². The Morgan fingerprint density at radius 1 is 1.58 bits per heavy atom. The third-order valence-corrected chi connectivity index (χ3v) is 1.29. The monoisotopic (exact) mass is 173 g/mol. The van der Waals surface area contributed by atoms with E-state index in [2.05, 4.69) is 16.4 Å². The van der Waals surface area contributed by atoms with Crippen LogP contribution >= 0.6 is 0 Å². The van der Waals surface area contributed by atoms with Crippen LogP contribution in [0.4, 0.5) is 0 Å². The van der Waals surface area contributed by atoms with E-state index in [0.717, 1.165) is 18.8 Å². The molecule has 1 heterocycles. The Morgan fingerprint density at radius 3 is 3.00 bits per heavy atom. The number of aromatic nitrogens is 1. The molecule has 12 heavy (non-hydrogen) atoms. The van der Waals surface area contributed by atoms with Crippen molar-refractivity contribution in [1.82, 2.24) is 10.3 Å². The van der Waals surface area contributed by atoms with Gasteiger partial charge in [-0.1, -0.05) is 11.9 Å². The molecule has 0 saturated heterocycles. The van der Waals surface area contributed by atoms with Crippen LogP contribution in [0.1, 0.15) is 5.69 Å². The molecule has 0 amide bonds. The number of hydrogen-bond acceptors (Lipinski definition) is 3. The minimum absolute atomic E-state index is 0. The number of nitrogens with two attached hydrogens (primary N) is 1.